The molecule has 0 aliphatic rings. The number of hydrogen-bond donors (Lipinski definition) is 1. The second-order valence-corrected chi connectivity index (χ2v) is 5.83. The fraction of sp³-hybridized carbons (Fsp3) is 0.357. The first-order valence-corrected chi connectivity index (χ1v) is 7.40. The van der Waals surface area contributed by atoms with Crippen LogP contribution in [-0.4, -0.2) is 12.0 Å². The molecule has 2 aromatic rings. The number of aromatic nitrogens is 1. The maximum absolute atomic E-state index is 13.9. The molecule has 0 bridgehead atoms. The van der Waals surface area contributed by atoms with E-state index in [0.717, 1.165) is 23.7 Å². The van der Waals surface area contributed by atoms with Crippen molar-refractivity contribution in [2.75, 3.05) is 7.05 Å². The van der Waals surface area contributed by atoms with Crippen LogP contribution in [0.5, 0.6) is 0 Å². The minimum absolute atomic E-state index is 0.167. The molecule has 1 heterocycles. The minimum atomic E-state index is -0.340. The van der Waals surface area contributed by atoms with Crippen LogP contribution in [-0.2, 0) is 19.4 Å². The summed E-state index contributed by atoms with van der Waals surface area (Å²) in [5, 5.41) is 4.23. The Labute approximate surface area is 121 Å². The molecule has 0 amide bonds. The van der Waals surface area contributed by atoms with E-state index in [1.165, 1.54) is 4.88 Å². The fourth-order valence-electron chi connectivity index (χ4n) is 1.94. The zero-order chi connectivity index (χ0) is 13.8. The van der Waals surface area contributed by atoms with Gasteiger partial charge in [0.2, 0.25) is 0 Å². The first kappa shape index (κ1) is 14.4. The summed E-state index contributed by atoms with van der Waals surface area (Å²) in [5.41, 5.74) is 1.69. The fourth-order valence-corrected chi connectivity index (χ4v) is 3.32. The van der Waals surface area contributed by atoms with Crippen molar-refractivity contribution in [1.82, 2.24) is 10.3 Å². The van der Waals surface area contributed by atoms with Crippen LogP contribution >= 0.6 is 22.9 Å². The lowest BCUT2D eigenvalue weighted by Gasteiger charge is -2.01. The highest BCUT2D eigenvalue weighted by Crippen LogP contribution is 2.25. The van der Waals surface area contributed by atoms with Gasteiger partial charge < -0.3 is 5.32 Å². The van der Waals surface area contributed by atoms with Gasteiger partial charge >= 0.3 is 0 Å². The Bertz CT molecular complexity index is 569. The first-order valence-electron chi connectivity index (χ1n) is 6.20. The van der Waals surface area contributed by atoms with Crippen LogP contribution in [0, 0.1) is 5.82 Å². The molecule has 2 nitrogen and oxygen atoms in total. The lowest BCUT2D eigenvalue weighted by molar-refractivity contribution is 0.614. The van der Waals surface area contributed by atoms with Gasteiger partial charge in [-0.2, -0.15) is 0 Å². The Hall–Kier alpha value is -0.970. The quantitative estimate of drug-likeness (QED) is 0.908. The summed E-state index contributed by atoms with van der Waals surface area (Å²) in [6, 6.07) is 5.09. The highest BCUT2D eigenvalue weighted by Gasteiger charge is 2.12. The molecule has 0 atom stereocenters. The third kappa shape index (κ3) is 3.32. The molecule has 1 aromatic heterocycles. The predicted molar refractivity (Wildman–Crippen MR) is 78.5 cm³/mol. The van der Waals surface area contributed by atoms with Gasteiger partial charge in [0.05, 0.1) is 15.7 Å². The van der Waals surface area contributed by atoms with Crippen molar-refractivity contribution >= 4 is 22.9 Å². The van der Waals surface area contributed by atoms with Crippen LogP contribution in [0.4, 0.5) is 4.39 Å². The molecule has 0 fully saturated rings. The summed E-state index contributed by atoms with van der Waals surface area (Å²) in [6.45, 7) is 2.89. The van der Waals surface area contributed by atoms with Gasteiger partial charge in [-0.25, -0.2) is 9.37 Å². The van der Waals surface area contributed by atoms with E-state index in [4.69, 9.17) is 11.6 Å². The minimum Gasteiger partial charge on any atom is -0.315 e. The van der Waals surface area contributed by atoms with Gasteiger partial charge in [0.25, 0.3) is 0 Å². The number of nitrogens with one attached hydrogen (secondary N) is 1. The van der Waals surface area contributed by atoms with E-state index in [-0.39, 0.29) is 10.8 Å². The van der Waals surface area contributed by atoms with E-state index in [2.05, 4.69) is 17.2 Å². The van der Waals surface area contributed by atoms with Crippen molar-refractivity contribution in [3.05, 3.63) is 50.2 Å². The number of hydrogen-bond acceptors (Lipinski definition) is 3. The number of halogens is 2. The molecule has 1 N–H and O–H groups in total. The average molecular weight is 299 g/mol. The monoisotopic (exact) mass is 298 g/mol. The third-order valence-electron chi connectivity index (χ3n) is 2.87. The Kier molecular flexibility index (Phi) is 4.91. The molecule has 0 aliphatic heterocycles. The smallest absolute Gasteiger partial charge is 0.145 e. The Morgan fingerprint density at radius 2 is 2.21 bits per heavy atom. The number of thiazole rings is 1. The zero-order valence-corrected chi connectivity index (χ0v) is 12.5. The normalized spacial score (nSPS) is 10.9. The van der Waals surface area contributed by atoms with Crippen LogP contribution in [0.25, 0.3) is 0 Å². The summed E-state index contributed by atoms with van der Waals surface area (Å²) < 4.78 is 13.9. The summed E-state index contributed by atoms with van der Waals surface area (Å²) in [7, 11) is 1.91. The number of aryl methyl sites for hydroxylation is 1. The van der Waals surface area contributed by atoms with E-state index in [1.54, 1.807) is 29.5 Å². The second-order valence-electron chi connectivity index (χ2n) is 4.25. The number of benzene rings is 1. The summed E-state index contributed by atoms with van der Waals surface area (Å²) >= 11 is 7.43. The largest absolute Gasteiger partial charge is 0.315 e. The summed E-state index contributed by atoms with van der Waals surface area (Å²) in [5.74, 6) is -0.340. The summed E-state index contributed by atoms with van der Waals surface area (Å²) in [4.78, 5) is 5.81. The van der Waals surface area contributed by atoms with Gasteiger partial charge in [0.15, 0.2) is 0 Å². The van der Waals surface area contributed by atoms with Crippen molar-refractivity contribution in [3.8, 4) is 0 Å². The predicted octanol–water partition coefficient (Wildman–Crippen LogP) is 3.81. The standard InChI is InChI=1S/C14H16ClFN2S/c1-3-11-12(8-17-2)19-13(18-11)7-9-5-4-6-10(15)14(9)16/h4-6,17H,3,7-8H2,1-2H3. The van der Waals surface area contributed by atoms with Gasteiger partial charge in [-0.3, -0.25) is 0 Å². The van der Waals surface area contributed by atoms with E-state index in [1.807, 2.05) is 7.05 Å². The van der Waals surface area contributed by atoms with Gasteiger partial charge in [-0.1, -0.05) is 30.7 Å². The first-order chi connectivity index (χ1) is 9.15. The van der Waals surface area contributed by atoms with Gasteiger partial charge in [-0.15, -0.1) is 11.3 Å². The third-order valence-corrected chi connectivity index (χ3v) is 4.26. The average Bonchev–Trinajstić information content (AvgIpc) is 2.77. The van der Waals surface area contributed by atoms with E-state index >= 15 is 0 Å². The van der Waals surface area contributed by atoms with Crippen LogP contribution in [0.15, 0.2) is 18.2 Å². The molecule has 102 valence electrons. The lowest BCUT2D eigenvalue weighted by atomic mass is 10.1. The van der Waals surface area contributed by atoms with Crippen molar-refractivity contribution < 1.29 is 4.39 Å². The topological polar surface area (TPSA) is 24.9 Å². The van der Waals surface area contributed by atoms with Crippen LogP contribution in [0.3, 0.4) is 0 Å². The lowest BCUT2D eigenvalue weighted by Crippen LogP contribution is -2.05. The molecule has 19 heavy (non-hydrogen) atoms. The molecule has 2 rings (SSSR count). The van der Waals surface area contributed by atoms with Crippen molar-refractivity contribution in [2.24, 2.45) is 0 Å². The van der Waals surface area contributed by atoms with Crippen molar-refractivity contribution in [3.63, 3.8) is 0 Å². The SMILES string of the molecule is CCc1nc(Cc2cccc(Cl)c2F)sc1CNC. The Morgan fingerprint density at radius 3 is 2.89 bits per heavy atom. The van der Waals surface area contributed by atoms with E-state index in [9.17, 15) is 4.39 Å². The number of nitrogens with zero attached hydrogens (tertiary/aromatic N) is 1. The maximum Gasteiger partial charge on any atom is 0.145 e. The Balaban J connectivity index is 2.25. The van der Waals surface area contributed by atoms with Gasteiger partial charge in [0.1, 0.15) is 5.82 Å². The molecular weight excluding hydrogens is 283 g/mol. The molecule has 0 radical (unpaired) electrons. The molecule has 0 saturated heterocycles. The zero-order valence-electron chi connectivity index (χ0n) is 11.0. The van der Waals surface area contributed by atoms with E-state index in [0.29, 0.717) is 12.0 Å². The van der Waals surface area contributed by atoms with Crippen molar-refractivity contribution in [1.29, 1.82) is 0 Å². The van der Waals surface area contributed by atoms with Gasteiger partial charge in [0, 0.05) is 17.8 Å². The van der Waals surface area contributed by atoms with E-state index < -0.39 is 0 Å². The molecule has 0 unspecified atom stereocenters. The van der Waals surface area contributed by atoms with Crippen molar-refractivity contribution in [2.45, 2.75) is 26.3 Å². The Morgan fingerprint density at radius 1 is 1.42 bits per heavy atom. The molecule has 0 aliphatic carbocycles. The molecule has 0 saturated carbocycles. The highest BCUT2D eigenvalue weighted by molar-refractivity contribution is 7.11. The maximum atomic E-state index is 13.9. The second kappa shape index (κ2) is 6.46. The van der Waals surface area contributed by atoms with Gasteiger partial charge in [-0.05, 0) is 25.1 Å². The summed E-state index contributed by atoms with van der Waals surface area (Å²) in [6.07, 6.45) is 1.39. The van der Waals surface area contributed by atoms with Crippen LogP contribution in [0.1, 0.15) is 28.1 Å². The highest BCUT2D eigenvalue weighted by atomic mass is 35.5. The molecule has 5 heteroatoms. The van der Waals surface area contributed by atoms with Crippen LogP contribution < -0.4 is 5.32 Å². The number of rotatable bonds is 5. The molecular formula is C14H16ClFN2S. The molecule has 0 spiro atoms. The van der Waals surface area contributed by atoms with Crippen LogP contribution in [0.2, 0.25) is 5.02 Å². The molecule has 1 aromatic carbocycles.